The molecule has 16 heavy (non-hydrogen) atoms. The number of rotatable bonds is 3. The maximum atomic E-state index is 11.6. The predicted molar refractivity (Wildman–Crippen MR) is 55.4 cm³/mol. The average Bonchev–Trinajstić information content (AvgIpc) is 2.78. The van der Waals surface area contributed by atoms with Crippen molar-refractivity contribution in [1.82, 2.24) is 0 Å². The van der Waals surface area contributed by atoms with Crippen LogP contribution in [0.5, 0.6) is 23.0 Å². The molecule has 0 fully saturated rings. The second-order valence-electron chi connectivity index (χ2n) is 3.32. The standard InChI is InChI=1S/C11H12O5/c1-3-7(12)6-4-8(14-2)10-11(9(6)13)16-5-15-10/h4,13H,3,5H2,1-2H3. The summed E-state index contributed by atoms with van der Waals surface area (Å²) in [5, 5.41) is 9.85. The molecule has 0 spiro atoms. The molecule has 0 aliphatic carbocycles. The largest absolute Gasteiger partial charge is 0.504 e. The van der Waals surface area contributed by atoms with E-state index in [0.717, 1.165) is 0 Å². The van der Waals surface area contributed by atoms with E-state index in [4.69, 9.17) is 14.2 Å². The van der Waals surface area contributed by atoms with Gasteiger partial charge in [0.2, 0.25) is 18.3 Å². The molecule has 1 heterocycles. The number of ketones is 1. The van der Waals surface area contributed by atoms with Gasteiger partial charge in [0.1, 0.15) is 0 Å². The number of Topliss-reactive ketones (excluding diaryl/α,β-unsaturated/α-hetero) is 1. The van der Waals surface area contributed by atoms with Gasteiger partial charge in [-0.25, -0.2) is 0 Å². The van der Waals surface area contributed by atoms with Crippen LogP contribution in [0.2, 0.25) is 0 Å². The SMILES string of the molecule is CCC(=O)c1cc(OC)c2c(c1O)OCO2. The Kier molecular flexibility index (Phi) is 2.60. The Labute approximate surface area is 92.5 Å². The molecule has 1 aromatic carbocycles. The minimum atomic E-state index is -0.180. The fourth-order valence-corrected chi connectivity index (χ4v) is 1.58. The minimum absolute atomic E-state index is 0.0169. The van der Waals surface area contributed by atoms with Gasteiger partial charge in [-0.15, -0.1) is 0 Å². The van der Waals surface area contributed by atoms with Crippen molar-refractivity contribution < 1.29 is 24.1 Å². The number of hydrogen-bond donors (Lipinski definition) is 1. The average molecular weight is 224 g/mol. The van der Waals surface area contributed by atoms with Crippen LogP contribution in [0.15, 0.2) is 6.07 Å². The summed E-state index contributed by atoms with van der Waals surface area (Å²) < 4.78 is 15.3. The molecule has 5 heteroatoms. The Hall–Kier alpha value is -1.91. The van der Waals surface area contributed by atoms with Crippen molar-refractivity contribution in [3.63, 3.8) is 0 Å². The van der Waals surface area contributed by atoms with Crippen molar-refractivity contribution in [2.45, 2.75) is 13.3 Å². The fourth-order valence-electron chi connectivity index (χ4n) is 1.58. The number of methoxy groups -OCH3 is 1. The zero-order valence-corrected chi connectivity index (χ0v) is 9.07. The summed E-state index contributed by atoms with van der Waals surface area (Å²) in [6.45, 7) is 1.74. The number of phenols is 1. The highest BCUT2D eigenvalue weighted by molar-refractivity contribution is 6.00. The summed E-state index contributed by atoms with van der Waals surface area (Å²) in [6, 6.07) is 1.47. The molecule has 0 saturated heterocycles. The number of aromatic hydroxyl groups is 1. The third kappa shape index (κ3) is 1.44. The Morgan fingerprint density at radius 2 is 2.19 bits per heavy atom. The second-order valence-corrected chi connectivity index (χ2v) is 3.32. The molecule has 1 aliphatic heterocycles. The van der Waals surface area contributed by atoms with Crippen LogP contribution in [0.1, 0.15) is 23.7 Å². The summed E-state index contributed by atoms with van der Waals surface area (Å²) in [4.78, 5) is 11.6. The van der Waals surface area contributed by atoms with E-state index in [1.54, 1.807) is 6.92 Å². The molecule has 1 N–H and O–H groups in total. The van der Waals surface area contributed by atoms with Crippen LogP contribution < -0.4 is 14.2 Å². The summed E-state index contributed by atoms with van der Waals surface area (Å²) >= 11 is 0. The van der Waals surface area contributed by atoms with E-state index in [1.165, 1.54) is 13.2 Å². The quantitative estimate of drug-likeness (QED) is 0.792. The Bertz CT molecular complexity index is 438. The van der Waals surface area contributed by atoms with Gasteiger partial charge >= 0.3 is 0 Å². The number of hydrogen-bond acceptors (Lipinski definition) is 5. The maximum Gasteiger partial charge on any atom is 0.231 e. The van der Waals surface area contributed by atoms with Gasteiger partial charge in [0.15, 0.2) is 17.3 Å². The molecule has 0 atom stereocenters. The van der Waals surface area contributed by atoms with Gasteiger partial charge in [-0.2, -0.15) is 0 Å². The first-order valence-corrected chi connectivity index (χ1v) is 4.91. The number of carbonyl (C=O) groups excluding carboxylic acids is 1. The van der Waals surface area contributed by atoms with Crippen molar-refractivity contribution in [3.8, 4) is 23.0 Å². The first-order valence-electron chi connectivity index (χ1n) is 4.91. The second kappa shape index (κ2) is 3.92. The van der Waals surface area contributed by atoms with Crippen molar-refractivity contribution in [2.24, 2.45) is 0 Å². The lowest BCUT2D eigenvalue weighted by Crippen LogP contribution is -1.99. The van der Waals surface area contributed by atoms with Gasteiger partial charge in [0.25, 0.3) is 0 Å². The smallest absolute Gasteiger partial charge is 0.231 e. The molecule has 5 nitrogen and oxygen atoms in total. The maximum absolute atomic E-state index is 11.6. The van der Waals surface area contributed by atoms with Gasteiger partial charge in [0, 0.05) is 6.42 Å². The van der Waals surface area contributed by atoms with Crippen LogP contribution in [0.4, 0.5) is 0 Å². The molecule has 1 aromatic rings. The van der Waals surface area contributed by atoms with Crippen molar-refractivity contribution in [3.05, 3.63) is 11.6 Å². The van der Waals surface area contributed by atoms with E-state index >= 15 is 0 Å². The molecule has 0 radical (unpaired) electrons. The normalized spacial score (nSPS) is 12.6. The summed E-state index contributed by atoms with van der Waals surface area (Å²) in [5.74, 6) is 0.556. The molecular weight excluding hydrogens is 212 g/mol. The molecule has 0 bridgehead atoms. The predicted octanol–water partition coefficient (Wildman–Crippen LogP) is 1.72. The Balaban J connectivity index is 2.60. The van der Waals surface area contributed by atoms with Crippen molar-refractivity contribution >= 4 is 5.78 Å². The van der Waals surface area contributed by atoms with Crippen LogP contribution >= 0.6 is 0 Å². The van der Waals surface area contributed by atoms with Crippen LogP contribution in [-0.4, -0.2) is 24.8 Å². The fraction of sp³-hybridized carbons (Fsp3) is 0.364. The zero-order chi connectivity index (χ0) is 11.7. The summed E-state index contributed by atoms with van der Waals surface area (Å²) in [7, 11) is 1.47. The highest BCUT2D eigenvalue weighted by Crippen LogP contribution is 2.49. The van der Waals surface area contributed by atoms with Gasteiger partial charge < -0.3 is 19.3 Å². The highest BCUT2D eigenvalue weighted by atomic mass is 16.7. The molecule has 2 rings (SSSR count). The molecule has 86 valence electrons. The third-order valence-corrected chi connectivity index (χ3v) is 2.42. The van der Waals surface area contributed by atoms with Crippen LogP contribution in [0.3, 0.4) is 0 Å². The number of fused-ring (bicyclic) bond motifs is 1. The van der Waals surface area contributed by atoms with Gasteiger partial charge in [-0.1, -0.05) is 6.92 Å². The minimum Gasteiger partial charge on any atom is -0.504 e. The number of benzene rings is 1. The summed E-state index contributed by atoms with van der Waals surface area (Å²) in [6.07, 6.45) is 0.302. The Morgan fingerprint density at radius 3 is 2.81 bits per heavy atom. The van der Waals surface area contributed by atoms with Crippen LogP contribution in [0, 0.1) is 0 Å². The Morgan fingerprint density at radius 1 is 1.50 bits per heavy atom. The van der Waals surface area contributed by atoms with E-state index in [9.17, 15) is 9.90 Å². The van der Waals surface area contributed by atoms with E-state index in [0.29, 0.717) is 17.9 Å². The molecule has 0 saturated carbocycles. The van der Waals surface area contributed by atoms with Crippen LogP contribution in [-0.2, 0) is 0 Å². The molecular formula is C11H12O5. The lowest BCUT2D eigenvalue weighted by Gasteiger charge is -2.09. The number of ether oxygens (including phenoxy) is 3. The number of carbonyl (C=O) groups is 1. The lowest BCUT2D eigenvalue weighted by molar-refractivity contribution is 0.0984. The molecule has 0 unspecified atom stereocenters. The van der Waals surface area contributed by atoms with Gasteiger partial charge in [-0.3, -0.25) is 4.79 Å². The molecule has 0 amide bonds. The highest BCUT2D eigenvalue weighted by Gasteiger charge is 2.27. The van der Waals surface area contributed by atoms with Crippen molar-refractivity contribution in [2.75, 3.05) is 13.9 Å². The zero-order valence-electron chi connectivity index (χ0n) is 9.07. The number of phenolic OH excluding ortho intramolecular Hbond substituents is 1. The van der Waals surface area contributed by atoms with Gasteiger partial charge in [-0.05, 0) is 6.07 Å². The topological polar surface area (TPSA) is 65.0 Å². The monoisotopic (exact) mass is 224 g/mol. The van der Waals surface area contributed by atoms with Crippen molar-refractivity contribution in [1.29, 1.82) is 0 Å². The van der Waals surface area contributed by atoms with Crippen LogP contribution in [0.25, 0.3) is 0 Å². The molecule has 0 aromatic heterocycles. The summed E-state index contributed by atoms with van der Waals surface area (Å²) in [5.41, 5.74) is 0.198. The molecule has 1 aliphatic rings. The van der Waals surface area contributed by atoms with E-state index in [-0.39, 0.29) is 29.6 Å². The van der Waals surface area contributed by atoms with E-state index < -0.39 is 0 Å². The van der Waals surface area contributed by atoms with E-state index in [2.05, 4.69) is 0 Å². The van der Waals surface area contributed by atoms with E-state index in [1.807, 2.05) is 0 Å². The van der Waals surface area contributed by atoms with Gasteiger partial charge in [0.05, 0.1) is 12.7 Å². The first-order chi connectivity index (χ1) is 7.69. The third-order valence-electron chi connectivity index (χ3n) is 2.42. The lowest BCUT2D eigenvalue weighted by atomic mass is 10.1. The first kappa shape index (κ1) is 10.6.